The summed E-state index contributed by atoms with van der Waals surface area (Å²) in [5.41, 5.74) is 0. The lowest BCUT2D eigenvalue weighted by Crippen LogP contribution is -2.48. The zero-order valence-electron chi connectivity index (χ0n) is 12.2. The van der Waals surface area contributed by atoms with Crippen LogP contribution in [0.4, 0.5) is 0 Å². The normalized spacial score (nSPS) is 23.3. The Bertz CT molecular complexity index is 286. The van der Waals surface area contributed by atoms with E-state index in [1.807, 2.05) is 7.05 Å². The van der Waals surface area contributed by atoms with E-state index in [9.17, 15) is 4.79 Å². The predicted octanol–water partition coefficient (Wildman–Crippen LogP) is 0.165. The molecule has 0 amide bonds. The van der Waals surface area contributed by atoms with E-state index < -0.39 is 0 Å². The second-order valence-electron chi connectivity index (χ2n) is 5.74. The fourth-order valence-electron chi connectivity index (χ4n) is 2.70. The summed E-state index contributed by atoms with van der Waals surface area (Å²) < 4.78 is 4.78. The second kappa shape index (κ2) is 7.22. The van der Waals surface area contributed by atoms with Crippen molar-refractivity contribution >= 4 is 5.97 Å². The molecule has 1 unspecified atom stereocenters. The molecule has 1 aliphatic heterocycles. The predicted molar refractivity (Wildman–Crippen MR) is 75.1 cm³/mol. The van der Waals surface area contributed by atoms with Crippen LogP contribution in [-0.2, 0) is 9.53 Å². The van der Waals surface area contributed by atoms with E-state index in [2.05, 4.69) is 15.1 Å². The summed E-state index contributed by atoms with van der Waals surface area (Å²) in [6, 6.07) is -0.172. The number of carbonyl (C=O) groups is 1. The van der Waals surface area contributed by atoms with Crippen molar-refractivity contribution in [3.8, 4) is 0 Å². The largest absolute Gasteiger partial charge is 0.468 e. The highest BCUT2D eigenvalue weighted by Gasteiger charge is 2.26. The molecule has 1 atom stereocenters. The van der Waals surface area contributed by atoms with Crippen LogP contribution in [-0.4, -0.2) is 75.2 Å². The highest BCUT2D eigenvalue weighted by molar-refractivity contribution is 5.75. The van der Waals surface area contributed by atoms with Crippen LogP contribution in [0.1, 0.15) is 19.3 Å². The molecular formula is C14H27N3O2. The third kappa shape index (κ3) is 4.75. The molecule has 0 aromatic heterocycles. The Kier molecular flexibility index (Phi) is 5.60. The lowest BCUT2D eigenvalue weighted by atomic mass is 10.2. The van der Waals surface area contributed by atoms with Gasteiger partial charge in [-0.2, -0.15) is 0 Å². The molecule has 19 heavy (non-hydrogen) atoms. The maximum Gasteiger partial charge on any atom is 0.322 e. The maximum absolute atomic E-state index is 11.5. The Morgan fingerprint density at radius 3 is 2.42 bits per heavy atom. The van der Waals surface area contributed by atoms with Gasteiger partial charge in [0.25, 0.3) is 0 Å². The Labute approximate surface area is 116 Å². The van der Waals surface area contributed by atoms with Gasteiger partial charge in [-0.05, 0) is 32.2 Å². The van der Waals surface area contributed by atoms with E-state index in [0.717, 1.165) is 32.0 Å². The van der Waals surface area contributed by atoms with Gasteiger partial charge in [0, 0.05) is 39.3 Å². The summed E-state index contributed by atoms with van der Waals surface area (Å²) in [4.78, 5) is 16.5. The van der Waals surface area contributed by atoms with Gasteiger partial charge in [0.1, 0.15) is 6.04 Å². The molecule has 110 valence electrons. The Balaban J connectivity index is 1.62. The van der Waals surface area contributed by atoms with Crippen molar-refractivity contribution in [3.63, 3.8) is 0 Å². The van der Waals surface area contributed by atoms with Crippen molar-refractivity contribution in [2.24, 2.45) is 5.92 Å². The summed E-state index contributed by atoms with van der Waals surface area (Å²) in [5.74, 6) is 0.828. The molecule has 0 aromatic rings. The SMILES string of the molecule is CNC(CCN1CCN(CC2CC2)CC1)C(=O)OC. The van der Waals surface area contributed by atoms with E-state index >= 15 is 0 Å². The summed E-state index contributed by atoms with van der Waals surface area (Å²) >= 11 is 0. The van der Waals surface area contributed by atoms with Crippen LogP contribution in [0, 0.1) is 5.92 Å². The average Bonchev–Trinajstić information content (AvgIpc) is 3.25. The molecule has 0 aromatic carbocycles. The van der Waals surface area contributed by atoms with Crippen LogP contribution < -0.4 is 5.32 Å². The minimum absolute atomic E-state index is 0.158. The van der Waals surface area contributed by atoms with Crippen LogP contribution in [0.15, 0.2) is 0 Å². The van der Waals surface area contributed by atoms with Gasteiger partial charge in [-0.25, -0.2) is 0 Å². The number of piperazine rings is 1. The Morgan fingerprint density at radius 1 is 1.26 bits per heavy atom. The zero-order chi connectivity index (χ0) is 13.7. The molecule has 0 radical (unpaired) electrons. The number of carbonyl (C=O) groups excluding carboxylic acids is 1. The minimum atomic E-state index is -0.172. The molecule has 0 spiro atoms. The lowest BCUT2D eigenvalue weighted by molar-refractivity contribution is -0.143. The van der Waals surface area contributed by atoms with Crippen LogP contribution in [0.3, 0.4) is 0 Å². The first-order chi connectivity index (χ1) is 9.22. The third-order valence-electron chi connectivity index (χ3n) is 4.25. The monoisotopic (exact) mass is 269 g/mol. The fourth-order valence-corrected chi connectivity index (χ4v) is 2.70. The van der Waals surface area contributed by atoms with Crippen LogP contribution in [0.2, 0.25) is 0 Å². The van der Waals surface area contributed by atoms with Crippen LogP contribution in [0.25, 0.3) is 0 Å². The number of ether oxygens (including phenoxy) is 1. The van der Waals surface area contributed by atoms with Gasteiger partial charge in [0.15, 0.2) is 0 Å². The van der Waals surface area contributed by atoms with Crippen molar-refractivity contribution in [2.45, 2.75) is 25.3 Å². The summed E-state index contributed by atoms with van der Waals surface area (Å²) in [7, 11) is 3.26. The van der Waals surface area contributed by atoms with Crippen LogP contribution >= 0.6 is 0 Å². The molecule has 1 heterocycles. The van der Waals surface area contributed by atoms with Crippen molar-refractivity contribution in [2.75, 3.05) is 53.4 Å². The molecular weight excluding hydrogens is 242 g/mol. The number of hydrogen-bond acceptors (Lipinski definition) is 5. The molecule has 1 saturated heterocycles. The quantitative estimate of drug-likeness (QED) is 0.667. The van der Waals surface area contributed by atoms with Crippen molar-refractivity contribution in [1.29, 1.82) is 0 Å². The molecule has 1 N–H and O–H groups in total. The minimum Gasteiger partial charge on any atom is -0.468 e. The highest BCUT2D eigenvalue weighted by atomic mass is 16.5. The summed E-state index contributed by atoms with van der Waals surface area (Å²) in [6.07, 6.45) is 3.69. The van der Waals surface area contributed by atoms with E-state index in [1.165, 1.54) is 39.6 Å². The summed E-state index contributed by atoms with van der Waals surface area (Å²) in [5, 5.41) is 3.02. The van der Waals surface area contributed by atoms with E-state index in [4.69, 9.17) is 4.74 Å². The lowest BCUT2D eigenvalue weighted by Gasteiger charge is -2.35. The van der Waals surface area contributed by atoms with Gasteiger partial charge in [0.2, 0.25) is 0 Å². The maximum atomic E-state index is 11.5. The van der Waals surface area contributed by atoms with Gasteiger partial charge < -0.3 is 19.9 Å². The molecule has 2 fully saturated rings. The number of nitrogens with one attached hydrogen (secondary N) is 1. The Morgan fingerprint density at radius 2 is 1.89 bits per heavy atom. The number of hydrogen-bond donors (Lipinski definition) is 1. The number of nitrogens with zero attached hydrogens (tertiary/aromatic N) is 2. The number of likely N-dealkylation sites (N-methyl/N-ethyl adjacent to an activating group) is 1. The number of methoxy groups -OCH3 is 1. The van der Waals surface area contributed by atoms with Gasteiger partial charge in [-0.1, -0.05) is 0 Å². The smallest absolute Gasteiger partial charge is 0.322 e. The van der Waals surface area contributed by atoms with Gasteiger partial charge >= 0.3 is 5.97 Å². The van der Waals surface area contributed by atoms with Crippen molar-refractivity contribution in [1.82, 2.24) is 15.1 Å². The van der Waals surface area contributed by atoms with Gasteiger partial charge in [0.05, 0.1) is 7.11 Å². The molecule has 2 rings (SSSR count). The fraction of sp³-hybridized carbons (Fsp3) is 0.929. The molecule has 5 nitrogen and oxygen atoms in total. The van der Waals surface area contributed by atoms with E-state index in [1.54, 1.807) is 0 Å². The third-order valence-corrected chi connectivity index (χ3v) is 4.25. The van der Waals surface area contributed by atoms with Crippen LogP contribution in [0.5, 0.6) is 0 Å². The number of esters is 1. The highest BCUT2D eigenvalue weighted by Crippen LogP contribution is 2.29. The number of rotatable bonds is 7. The van der Waals surface area contributed by atoms with Gasteiger partial charge in [-0.3, -0.25) is 4.79 Å². The van der Waals surface area contributed by atoms with Crippen molar-refractivity contribution < 1.29 is 9.53 Å². The first-order valence-electron chi connectivity index (χ1n) is 7.42. The van der Waals surface area contributed by atoms with Gasteiger partial charge in [-0.15, -0.1) is 0 Å². The second-order valence-corrected chi connectivity index (χ2v) is 5.74. The molecule has 0 bridgehead atoms. The standard InChI is InChI=1S/C14H27N3O2/c1-15-13(14(18)19-2)5-6-16-7-9-17(10-8-16)11-12-3-4-12/h12-13,15H,3-11H2,1-2H3. The first kappa shape index (κ1) is 14.8. The van der Waals surface area contributed by atoms with E-state index in [-0.39, 0.29) is 12.0 Å². The summed E-state index contributed by atoms with van der Waals surface area (Å²) in [6.45, 7) is 6.89. The van der Waals surface area contributed by atoms with Crippen molar-refractivity contribution in [3.05, 3.63) is 0 Å². The Hall–Kier alpha value is -0.650. The average molecular weight is 269 g/mol. The van der Waals surface area contributed by atoms with E-state index in [0.29, 0.717) is 0 Å². The topological polar surface area (TPSA) is 44.8 Å². The zero-order valence-corrected chi connectivity index (χ0v) is 12.2. The molecule has 1 saturated carbocycles. The molecule has 5 heteroatoms. The molecule has 1 aliphatic carbocycles. The molecule has 2 aliphatic rings. The first-order valence-corrected chi connectivity index (χ1v) is 7.42.